The molecular formula is C20H18N2O3S2. The zero-order valence-electron chi connectivity index (χ0n) is 14.9. The van der Waals surface area contributed by atoms with Crippen molar-refractivity contribution in [3.8, 4) is 0 Å². The Labute approximate surface area is 165 Å². The first-order valence-electron chi connectivity index (χ1n) is 8.19. The smallest absolute Gasteiger partial charge is 0.337 e. The summed E-state index contributed by atoms with van der Waals surface area (Å²) < 4.78 is 4.69. The number of amides is 1. The van der Waals surface area contributed by atoms with Crippen LogP contribution in [0.5, 0.6) is 0 Å². The minimum atomic E-state index is -0.442. The zero-order chi connectivity index (χ0) is 19.2. The summed E-state index contributed by atoms with van der Waals surface area (Å²) >= 11 is 3.32. The highest BCUT2D eigenvalue weighted by molar-refractivity contribution is 7.98. The summed E-state index contributed by atoms with van der Waals surface area (Å²) in [6, 6.07) is 14.1. The highest BCUT2D eigenvalue weighted by Crippen LogP contribution is 2.24. The fourth-order valence-electron chi connectivity index (χ4n) is 2.38. The molecule has 0 bridgehead atoms. The summed E-state index contributed by atoms with van der Waals surface area (Å²) in [7, 11) is 1.32. The molecule has 1 N–H and O–H groups in total. The number of esters is 1. The first kappa shape index (κ1) is 19.1. The van der Waals surface area contributed by atoms with Crippen molar-refractivity contribution < 1.29 is 14.3 Å². The molecule has 3 aromatic rings. The fraction of sp³-hybridized carbons (Fsp3) is 0.150. The highest BCUT2D eigenvalue weighted by atomic mass is 32.2. The molecule has 0 saturated heterocycles. The van der Waals surface area contributed by atoms with Crippen LogP contribution in [0, 0.1) is 6.92 Å². The molecule has 0 atom stereocenters. The van der Waals surface area contributed by atoms with Gasteiger partial charge in [0.1, 0.15) is 0 Å². The van der Waals surface area contributed by atoms with Gasteiger partial charge in [0.25, 0.3) is 5.91 Å². The van der Waals surface area contributed by atoms with Gasteiger partial charge in [-0.1, -0.05) is 6.07 Å². The summed E-state index contributed by atoms with van der Waals surface area (Å²) in [6.45, 7) is 1.99. The SMILES string of the molecule is COC(=O)c1cccc(NC(=O)c2ccc(SCc3csc(C)n3)cc2)c1. The number of thioether (sulfide) groups is 1. The van der Waals surface area contributed by atoms with Crippen LogP contribution >= 0.6 is 23.1 Å². The van der Waals surface area contributed by atoms with Crippen molar-refractivity contribution in [2.24, 2.45) is 0 Å². The minimum Gasteiger partial charge on any atom is -0.465 e. The number of benzene rings is 2. The van der Waals surface area contributed by atoms with E-state index in [0.29, 0.717) is 16.8 Å². The van der Waals surface area contributed by atoms with Crippen LogP contribution in [-0.2, 0) is 10.5 Å². The van der Waals surface area contributed by atoms with E-state index in [1.54, 1.807) is 59.5 Å². The number of hydrogen-bond acceptors (Lipinski definition) is 6. The lowest BCUT2D eigenvalue weighted by atomic mass is 10.1. The molecule has 2 aromatic carbocycles. The van der Waals surface area contributed by atoms with E-state index in [-0.39, 0.29) is 5.91 Å². The van der Waals surface area contributed by atoms with E-state index in [4.69, 9.17) is 4.74 Å². The topological polar surface area (TPSA) is 68.3 Å². The van der Waals surface area contributed by atoms with Crippen molar-refractivity contribution in [1.29, 1.82) is 0 Å². The molecule has 0 spiro atoms. The first-order valence-corrected chi connectivity index (χ1v) is 10.1. The Kier molecular flexibility index (Phi) is 6.26. The van der Waals surface area contributed by atoms with Crippen LogP contribution in [-0.4, -0.2) is 24.0 Å². The maximum absolute atomic E-state index is 12.4. The van der Waals surface area contributed by atoms with Gasteiger partial charge in [-0.15, -0.1) is 23.1 Å². The van der Waals surface area contributed by atoms with E-state index in [1.807, 2.05) is 19.1 Å². The number of carbonyl (C=O) groups excluding carboxylic acids is 2. The van der Waals surface area contributed by atoms with Crippen molar-refractivity contribution in [3.63, 3.8) is 0 Å². The number of rotatable bonds is 6. The normalized spacial score (nSPS) is 10.4. The van der Waals surface area contributed by atoms with Gasteiger partial charge in [-0.25, -0.2) is 9.78 Å². The number of nitrogens with zero attached hydrogens (tertiary/aromatic N) is 1. The molecule has 27 heavy (non-hydrogen) atoms. The van der Waals surface area contributed by atoms with Crippen LogP contribution in [0.25, 0.3) is 0 Å². The molecule has 0 aliphatic carbocycles. The molecule has 3 rings (SSSR count). The number of aromatic nitrogens is 1. The first-order chi connectivity index (χ1) is 13.0. The molecule has 0 saturated carbocycles. The molecule has 1 heterocycles. The van der Waals surface area contributed by atoms with Crippen molar-refractivity contribution in [2.45, 2.75) is 17.6 Å². The Hall–Kier alpha value is -2.64. The van der Waals surface area contributed by atoms with Crippen molar-refractivity contribution in [3.05, 3.63) is 75.7 Å². The summed E-state index contributed by atoms with van der Waals surface area (Å²) in [6.07, 6.45) is 0. The van der Waals surface area contributed by atoms with Crippen LogP contribution < -0.4 is 5.32 Å². The molecule has 0 unspecified atom stereocenters. The summed E-state index contributed by atoms with van der Waals surface area (Å²) in [5.41, 5.74) is 2.54. The Morgan fingerprint density at radius 2 is 1.93 bits per heavy atom. The summed E-state index contributed by atoms with van der Waals surface area (Å²) in [5, 5.41) is 5.92. The molecule has 0 aliphatic rings. The van der Waals surface area contributed by atoms with E-state index < -0.39 is 5.97 Å². The molecule has 0 radical (unpaired) electrons. The van der Waals surface area contributed by atoms with E-state index in [0.717, 1.165) is 21.3 Å². The molecular weight excluding hydrogens is 380 g/mol. The Balaban J connectivity index is 1.61. The van der Waals surface area contributed by atoms with Crippen molar-refractivity contribution in [2.75, 3.05) is 12.4 Å². The molecule has 5 nitrogen and oxygen atoms in total. The van der Waals surface area contributed by atoms with Crippen LogP contribution in [0.1, 0.15) is 31.4 Å². The third-order valence-electron chi connectivity index (χ3n) is 3.71. The standard InChI is InChI=1S/C20H18N2O3S2/c1-13-21-17(11-26-13)12-27-18-8-6-14(7-9-18)19(23)22-16-5-3-4-15(10-16)20(24)25-2/h3-11H,12H2,1-2H3,(H,22,23). The van der Waals surface area contributed by atoms with E-state index in [1.165, 1.54) is 7.11 Å². The molecule has 138 valence electrons. The average Bonchev–Trinajstić information content (AvgIpc) is 3.11. The van der Waals surface area contributed by atoms with Crippen LogP contribution in [0.4, 0.5) is 5.69 Å². The fourth-order valence-corrected chi connectivity index (χ4v) is 3.89. The van der Waals surface area contributed by atoms with Gasteiger partial charge in [-0.3, -0.25) is 4.79 Å². The maximum atomic E-state index is 12.4. The van der Waals surface area contributed by atoms with E-state index in [2.05, 4.69) is 15.7 Å². The predicted molar refractivity (Wildman–Crippen MR) is 109 cm³/mol. The second-order valence-corrected chi connectivity index (χ2v) is 7.81. The van der Waals surface area contributed by atoms with Gasteiger partial charge in [0.15, 0.2) is 0 Å². The number of carbonyl (C=O) groups is 2. The van der Waals surface area contributed by atoms with E-state index >= 15 is 0 Å². The van der Waals surface area contributed by atoms with Gasteiger partial charge >= 0.3 is 5.97 Å². The van der Waals surface area contributed by atoms with Gasteiger partial charge in [0.05, 0.1) is 23.4 Å². The molecule has 1 aromatic heterocycles. The predicted octanol–water partition coefficient (Wildman–Crippen LogP) is 4.78. The van der Waals surface area contributed by atoms with E-state index in [9.17, 15) is 9.59 Å². The Morgan fingerprint density at radius 3 is 2.59 bits per heavy atom. The van der Waals surface area contributed by atoms with Gasteiger partial charge in [-0.2, -0.15) is 0 Å². The van der Waals surface area contributed by atoms with Crippen molar-refractivity contribution >= 4 is 40.7 Å². The second-order valence-electron chi connectivity index (χ2n) is 5.70. The van der Waals surface area contributed by atoms with Crippen LogP contribution in [0.2, 0.25) is 0 Å². The molecule has 0 fully saturated rings. The number of thiazole rings is 1. The lowest BCUT2D eigenvalue weighted by Crippen LogP contribution is -2.12. The number of aryl methyl sites for hydroxylation is 1. The zero-order valence-corrected chi connectivity index (χ0v) is 16.5. The number of nitrogens with one attached hydrogen (secondary N) is 1. The third-order valence-corrected chi connectivity index (χ3v) is 5.58. The number of methoxy groups -OCH3 is 1. The number of ether oxygens (including phenoxy) is 1. The van der Waals surface area contributed by atoms with Gasteiger partial charge in [0.2, 0.25) is 0 Å². The monoisotopic (exact) mass is 398 g/mol. The lowest BCUT2D eigenvalue weighted by molar-refractivity contribution is 0.0600. The average molecular weight is 399 g/mol. The van der Waals surface area contributed by atoms with Crippen LogP contribution in [0.15, 0.2) is 58.8 Å². The molecule has 1 amide bonds. The Bertz CT molecular complexity index is 952. The highest BCUT2D eigenvalue weighted by Gasteiger charge is 2.10. The largest absolute Gasteiger partial charge is 0.465 e. The number of hydrogen-bond donors (Lipinski definition) is 1. The maximum Gasteiger partial charge on any atom is 0.337 e. The van der Waals surface area contributed by atoms with Crippen LogP contribution in [0.3, 0.4) is 0 Å². The van der Waals surface area contributed by atoms with Crippen molar-refractivity contribution in [1.82, 2.24) is 4.98 Å². The van der Waals surface area contributed by atoms with Gasteiger partial charge in [0, 0.05) is 27.3 Å². The molecule has 0 aliphatic heterocycles. The lowest BCUT2D eigenvalue weighted by Gasteiger charge is -2.07. The summed E-state index contributed by atoms with van der Waals surface area (Å²) in [5.74, 6) is 0.127. The number of anilines is 1. The summed E-state index contributed by atoms with van der Waals surface area (Å²) in [4.78, 5) is 29.5. The Morgan fingerprint density at radius 1 is 1.15 bits per heavy atom. The quantitative estimate of drug-likeness (QED) is 0.478. The van der Waals surface area contributed by atoms with Gasteiger partial charge in [-0.05, 0) is 49.4 Å². The van der Waals surface area contributed by atoms with Gasteiger partial charge < -0.3 is 10.1 Å². The molecule has 7 heteroatoms. The second kappa shape index (κ2) is 8.83. The minimum absolute atomic E-state index is 0.233. The third kappa shape index (κ3) is 5.18.